The third kappa shape index (κ3) is 3.88. The van der Waals surface area contributed by atoms with E-state index in [-0.39, 0.29) is 6.29 Å². The average Bonchev–Trinajstić information content (AvgIpc) is 2.59. The normalized spacial score (nSPS) is 11.7. The summed E-state index contributed by atoms with van der Waals surface area (Å²) in [5.74, 6) is 0. The number of methoxy groups -OCH3 is 2. The largest absolute Gasteiger partial charge is 0.354 e. The highest BCUT2D eigenvalue weighted by molar-refractivity contribution is 9.11. The molecule has 0 amide bonds. The molecule has 0 fully saturated rings. The molecule has 78 valence electrons. The van der Waals surface area contributed by atoms with Gasteiger partial charge in [0.25, 0.3) is 0 Å². The number of ether oxygens (including phenoxy) is 2. The van der Waals surface area contributed by atoms with Gasteiger partial charge in [0.1, 0.15) is 0 Å². The maximum atomic E-state index is 5.00. The molecule has 0 atom stereocenters. The number of hydrogen-bond acceptors (Lipinski definition) is 4. The van der Waals surface area contributed by atoms with E-state index < -0.39 is 0 Å². The van der Waals surface area contributed by atoms with Gasteiger partial charge in [-0.1, -0.05) is 0 Å². The van der Waals surface area contributed by atoms with Crippen molar-refractivity contribution >= 4 is 33.5 Å². The lowest BCUT2D eigenvalue weighted by Gasteiger charge is -2.08. The lowest BCUT2D eigenvalue weighted by molar-refractivity contribution is -0.0936. The van der Waals surface area contributed by atoms with E-state index in [2.05, 4.69) is 20.9 Å². The Bertz CT molecular complexity index is 297. The highest BCUT2D eigenvalue weighted by Gasteiger charge is 2.01. The van der Waals surface area contributed by atoms with Crippen molar-refractivity contribution in [3.8, 4) is 0 Å². The van der Waals surface area contributed by atoms with E-state index in [1.807, 2.05) is 18.3 Å². The summed E-state index contributed by atoms with van der Waals surface area (Å²) in [4.78, 5) is 5.33. The van der Waals surface area contributed by atoms with E-state index in [1.165, 1.54) is 0 Å². The van der Waals surface area contributed by atoms with Crippen LogP contribution in [0, 0.1) is 0 Å². The van der Waals surface area contributed by atoms with Gasteiger partial charge in [-0.15, -0.1) is 11.3 Å². The van der Waals surface area contributed by atoms with Crippen LogP contribution >= 0.6 is 27.3 Å². The molecule has 1 aromatic rings. The van der Waals surface area contributed by atoms with Gasteiger partial charge in [-0.05, 0) is 28.1 Å². The Morgan fingerprint density at radius 1 is 1.50 bits per heavy atom. The van der Waals surface area contributed by atoms with Crippen molar-refractivity contribution in [3.63, 3.8) is 0 Å². The van der Waals surface area contributed by atoms with Gasteiger partial charge < -0.3 is 9.47 Å². The van der Waals surface area contributed by atoms with Gasteiger partial charge in [-0.3, -0.25) is 4.99 Å². The van der Waals surface area contributed by atoms with Crippen LogP contribution in [0.1, 0.15) is 4.88 Å². The fourth-order valence-corrected chi connectivity index (χ4v) is 2.19. The quantitative estimate of drug-likeness (QED) is 0.612. The third-order valence-electron chi connectivity index (χ3n) is 1.59. The van der Waals surface area contributed by atoms with Crippen molar-refractivity contribution in [3.05, 3.63) is 20.8 Å². The van der Waals surface area contributed by atoms with E-state index in [0.29, 0.717) is 6.54 Å². The molecule has 0 saturated carbocycles. The van der Waals surface area contributed by atoms with Crippen molar-refractivity contribution in [2.75, 3.05) is 20.8 Å². The highest BCUT2D eigenvalue weighted by Crippen LogP contribution is 2.20. The van der Waals surface area contributed by atoms with Crippen LogP contribution in [0.3, 0.4) is 0 Å². The fourth-order valence-electron chi connectivity index (χ4n) is 0.872. The van der Waals surface area contributed by atoms with Gasteiger partial charge in [0.2, 0.25) is 0 Å². The van der Waals surface area contributed by atoms with Crippen LogP contribution in [0.4, 0.5) is 0 Å². The minimum atomic E-state index is -0.255. The predicted octanol–water partition coefficient (Wildman–Crippen LogP) is 2.55. The van der Waals surface area contributed by atoms with Gasteiger partial charge in [0.15, 0.2) is 6.29 Å². The van der Waals surface area contributed by atoms with Gasteiger partial charge in [-0.2, -0.15) is 0 Å². The van der Waals surface area contributed by atoms with E-state index in [0.717, 1.165) is 8.66 Å². The van der Waals surface area contributed by atoms with Crippen LogP contribution < -0.4 is 0 Å². The molecule has 0 N–H and O–H groups in total. The molecule has 0 saturated heterocycles. The number of thiophene rings is 1. The maximum absolute atomic E-state index is 5.00. The van der Waals surface area contributed by atoms with Gasteiger partial charge in [-0.25, -0.2) is 0 Å². The number of hydrogen-bond donors (Lipinski definition) is 0. The number of rotatable bonds is 5. The number of nitrogens with zero attached hydrogens (tertiary/aromatic N) is 1. The minimum Gasteiger partial charge on any atom is -0.354 e. The molecule has 1 heterocycles. The Morgan fingerprint density at radius 2 is 2.21 bits per heavy atom. The first-order valence-electron chi connectivity index (χ1n) is 4.07. The van der Waals surface area contributed by atoms with E-state index >= 15 is 0 Å². The second kappa shape index (κ2) is 6.29. The van der Waals surface area contributed by atoms with Crippen molar-refractivity contribution in [1.82, 2.24) is 0 Å². The molecule has 0 aliphatic heterocycles. The molecular weight excluding hydrogens is 266 g/mol. The van der Waals surface area contributed by atoms with Gasteiger partial charge >= 0.3 is 0 Å². The van der Waals surface area contributed by atoms with Crippen LogP contribution in [0.25, 0.3) is 0 Å². The zero-order chi connectivity index (χ0) is 10.4. The Balaban J connectivity index is 2.40. The van der Waals surface area contributed by atoms with Crippen molar-refractivity contribution < 1.29 is 9.47 Å². The summed E-state index contributed by atoms with van der Waals surface area (Å²) in [7, 11) is 3.21. The van der Waals surface area contributed by atoms with Gasteiger partial charge in [0.05, 0.1) is 10.3 Å². The molecule has 1 aromatic heterocycles. The third-order valence-corrected chi connectivity index (χ3v) is 3.15. The number of aliphatic imine (C=N–C) groups is 1. The van der Waals surface area contributed by atoms with Crippen molar-refractivity contribution in [1.29, 1.82) is 0 Å². The summed E-state index contributed by atoms with van der Waals surface area (Å²) in [5, 5.41) is 0. The summed E-state index contributed by atoms with van der Waals surface area (Å²) in [6, 6.07) is 4.00. The first-order valence-corrected chi connectivity index (χ1v) is 5.68. The molecule has 1 rings (SSSR count). The lowest BCUT2D eigenvalue weighted by atomic mass is 10.5. The summed E-state index contributed by atoms with van der Waals surface area (Å²) < 4.78 is 11.1. The Morgan fingerprint density at radius 3 is 2.71 bits per heavy atom. The second-order valence-electron chi connectivity index (χ2n) is 2.54. The summed E-state index contributed by atoms with van der Waals surface area (Å²) in [6.45, 7) is 0.516. The maximum Gasteiger partial charge on any atom is 0.176 e. The van der Waals surface area contributed by atoms with Crippen molar-refractivity contribution in [2.45, 2.75) is 6.29 Å². The Kier molecular flexibility index (Phi) is 5.32. The zero-order valence-electron chi connectivity index (χ0n) is 8.07. The lowest BCUT2D eigenvalue weighted by Crippen LogP contribution is -2.16. The molecule has 3 nitrogen and oxygen atoms in total. The average molecular weight is 278 g/mol. The Labute approximate surface area is 95.9 Å². The fraction of sp³-hybridized carbons (Fsp3) is 0.444. The summed E-state index contributed by atoms with van der Waals surface area (Å²) >= 11 is 5.03. The molecule has 0 radical (unpaired) electrons. The van der Waals surface area contributed by atoms with Gasteiger partial charge in [0, 0.05) is 25.3 Å². The predicted molar refractivity (Wildman–Crippen MR) is 62.3 cm³/mol. The van der Waals surface area contributed by atoms with Crippen LogP contribution in [0.2, 0.25) is 0 Å². The summed E-state index contributed by atoms with van der Waals surface area (Å²) in [6.07, 6.45) is 1.56. The van der Waals surface area contributed by atoms with Crippen molar-refractivity contribution in [2.24, 2.45) is 4.99 Å². The molecule has 0 unspecified atom stereocenters. The monoisotopic (exact) mass is 277 g/mol. The molecule has 0 spiro atoms. The van der Waals surface area contributed by atoms with E-state index in [1.54, 1.807) is 25.6 Å². The number of halogens is 1. The molecule has 0 aliphatic carbocycles. The first-order chi connectivity index (χ1) is 6.76. The molecule has 5 heteroatoms. The van der Waals surface area contributed by atoms with Crippen LogP contribution in [0.15, 0.2) is 20.9 Å². The van der Waals surface area contributed by atoms with E-state index in [9.17, 15) is 0 Å². The molecule has 0 aromatic carbocycles. The summed E-state index contributed by atoms with van der Waals surface area (Å²) in [5.41, 5.74) is 0. The minimum absolute atomic E-state index is 0.255. The first kappa shape index (κ1) is 11.8. The molecular formula is C9H12BrNO2S. The molecule has 0 bridgehead atoms. The van der Waals surface area contributed by atoms with Crippen LogP contribution in [-0.4, -0.2) is 33.3 Å². The molecule has 0 aliphatic rings. The highest BCUT2D eigenvalue weighted by atomic mass is 79.9. The molecule has 14 heavy (non-hydrogen) atoms. The van der Waals surface area contributed by atoms with Crippen LogP contribution in [0.5, 0.6) is 0 Å². The van der Waals surface area contributed by atoms with E-state index in [4.69, 9.17) is 9.47 Å². The topological polar surface area (TPSA) is 30.8 Å². The Hall–Kier alpha value is -0.230. The standard InChI is InChI=1S/C9H12BrNO2S/c1-12-9(13-2)6-11-5-7-3-4-8(10)14-7/h3-5,9H,6H2,1-2H3. The van der Waals surface area contributed by atoms with Crippen LogP contribution in [-0.2, 0) is 9.47 Å². The second-order valence-corrected chi connectivity index (χ2v) is 5.03. The zero-order valence-corrected chi connectivity index (χ0v) is 10.5. The smallest absolute Gasteiger partial charge is 0.176 e. The SMILES string of the molecule is COC(CN=Cc1ccc(Br)s1)OC.